The Kier molecular flexibility index (Phi) is 4.88. The molecule has 1 aromatic rings. The second-order valence-electron chi connectivity index (χ2n) is 6.83. The fourth-order valence-electron chi connectivity index (χ4n) is 2.53. The van der Waals surface area contributed by atoms with Gasteiger partial charge in [-0.1, -0.05) is 6.07 Å². The maximum atomic E-state index is 13.3. The lowest BCUT2D eigenvalue weighted by molar-refractivity contribution is 0.144. The van der Waals surface area contributed by atoms with Crippen LogP contribution in [-0.4, -0.2) is 25.3 Å². The third-order valence-corrected chi connectivity index (χ3v) is 4.35. The SMILES string of the molecule is CC(C)(C)NCC1(Cc2ccc(F)c(Br)c2)CCOC1. The fraction of sp³-hybridized carbons (Fsp3) is 0.625. The first kappa shape index (κ1) is 15.9. The van der Waals surface area contributed by atoms with Crippen LogP contribution in [0.25, 0.3) is 0 Å². The Morgan fingerprint density at radius 1 is 1.40 bits per heavy atom. The molecule has 0 saturated carbocycles. The molecule has 1 saturated heterocycles. The van der Waals surface area contributed by atoms with Crippen LogP contribution in [0.5, 0.6) is 0 Å². The zero-order chi connectivity index (χ0) is 14.8. The molecule has 0 aliphatic carbocycles. The fourth-order valence-corrected chi connectivity index (χ4v) is 2.95. The summed E-state index contributed by atoms with van der Waals surface area (Å²) in [5.74, 6) is -0.210. The third kappa shape index (κ3) is 4.27. The van der Waals surface area contributed by atoms with Gasteiger partial charge in [0.15, 0.2) is 0 Å². The molecule has 1 N–H and O–H groups in total. The molecule has 1 aliphatic rings. The van der Waals surface area contributed by atoms with E-state index in [-0.39, 0.29) is 16.8 Å². The van der Waals surface area contributed by atoms with Gasteiger partial charge in [0.1, 0.15) is 5.82 Å². The molecule has 1 heterocycles. The van der Waals surface area contributed by atoms with E-state index >= 15 is 0 Å². The number of hydrogen-bond donors (Lipinski definition) is 1. The van der Waals surface area contributed by atoms with Crippen molar-refractivity contribution < 1.29 is 9.13 Å². The molecule has 2 nitrogen and oxygen atoms in total. The lowest BCUT2D eigenvalue weighted by Crippen LogP contribution is -2.45. The number of benzene rings is 1. The number of ether oxygens (including phenoxy) is 1. The van der Waals surface area contributed by atoms with Crippen molar-refractivity contribution in [2.45, 2.75) is 39.2 Å². The Morgan fingerprint density at radius 2 is 2.15 bits per heavy atom. The standard InChI is InChI=1S/C16H23BrFNO/c1-15(2,3)19-10-16(6-7-20-11-16)9-12-4-5-14(18)13(17)8-12/h4-5,8,19H,6-7,9-11H2,1-3H3. The first-order valence-corrected chi connectivity index (χ1v) is 7.86. The molecule has 0 radical (unpaired) electrons. The molecule has 1 aliphatic heterocycles. The third-order valence-electron chi connectivity index (χ3n) is 3.74. The molecule has 1 fully saturated rings. The van der Waals surface area contributed by atoms with E-state index in [1.165, 1.54) is 6.07 Å². The summed E-state index contributed by atoms with van der Waals surface area (Å²) in [6.07, 6.45) is 1.96. The van der Waals surface area contributed by atoms with Crippen molar-refractivity contribution in [3.8, 4) is 0 Å². The molecule has 0 aromatic heterocycles. The lowest BCUT2D eigenvalue weighted by atomic mass is 9.80. The zero-order valence-electron chi connectivity index (χ0n) is 12.4. The van der Waals surface area contributed by atoms with E-state index < -0.39 is 0 Å². The molecule has 0 bridgehead atoms. The van der Waals surface area contributed by atoms with E-state index in [0.717, 1.165) is 38.2 Å². The van der Waals surface area contributed by atoms with Crippen LogP contribution >= 0.6 is 15.9 Å². The van der Waals surface area contributed by atoms with Crippen LogP contribution in [0, 0.1) is 11.2 Å². The molecule has 4 heteroatoms. The van der Waals surface area contributed by atoms with Crippen molar-refractivity contribution in [2.24, 2.45) is 5.41 Å². The Morgan fingerprint density at radius 3 is 2.70 bits per heavy atom. The molecule has 1 atom stereocenters. The first-order valence-electron chi connectivity index (χ1n) is 7.06. The Hall–Kier alpha value is -0.450. The average Bonchev–Trinajstić information content (AvgIpc) is 2.80. The molecule has 1 unspecified atom stereocenters. The summed E-state index contributed by atoms with van der Waals surface area (Å²) in [5, 5.41) is 3.59. The van der Waals surface area contributed by atoms with Crippen molar-refractivity contribution in [1.82, 2.24) is 5.32 Å². The van der Waals surface area contributed by atoms with Gasteiger partial charge in [0.25, 0.3) is 0 Å². The molecule has 2 rings (SSSR count). The first-order chi connectivity index (χ1) is 9.30. The van der Waals surface area contributed by atoms with Gasteiger partial charge in [-0.25, -0.2) is 4.39 Å². The van der Waals surface area contributed by atoms with Gasteiger partial charge in [-0.05, 0) is 67.2 Å². The van der Waals surface area contributed by atoms with E-state index in [1.807, 2.05) is 12.1 Å². The normalized spacial score (nSPS) is 23.2. The minimum atomic E-state index is -0.210. The van der Waals surface area contributed by atoms with Crippen molar-refractivity contribution in [3.63, 3.8) is 0 Å². The van der Waals surface area contributed by atoms with Crippen LogP contribution < -0.4 is 5.32 Å². The number of halogens is 2. The molecule has 0 spiro atoms. The largest absolute Gasteiger partial charge is 0.381 e. The monoisotopic (exact) mass is 343 g/mol. The highest BCUT2D eigenvalue weighted by atomic mass is 79.9. The van der Waals surface area contributed by atoms with E-state index in [4.69, 9.17) is 4.74 Å². The summed E-state index contributed by atoms with van der Waals surface area (Å²) in [6.45, 7) is 9.02. The number of nitrogens with one attached hydrogen (secondary N) is 1. The topological polar surface area (TPSA) is 21.3 Å². The summed E-state index contributed by atoms with van der Waals surface area (Å²) in [5.41, 5.74) is 1.36. The highest BCUT2D eigenvalue weighted by Crippen LogP contribution is 2.33. The Balaban J connectivity index is 2.10. The highest BCUT2D eigenvalue weighted by molar-refractivity contribution is 9.10. The van der Waals surface area contributed by atoms with Gasteiger partial charge in [0.2, 0.25) is 0 Å². The maximum Gasteiger partial charge on any atom is 0.137 e. The smallest absolute Gasteiger partial charge is 0.137 e. The minimum Gasteiger partial charge on any atom is -0.381 e. The van der Waals surface area contributed by atoms with Crippen LogP contribution in [0.3, 0.4) is 0 Å². The van der Waals surface area contributed by atoms with Crippen molar-refractivity contribution in [3.05, 3.63) is 34.1 Å². The quantitative estimate of drug-likeness (QED) is 0.894. The van der Waals surface area contributed by atoms with E-state index in [0.29, 0.717) is 4.47 Å². The van der Waals surface area contributed by atoms with Gasteiger partial charge in [0.05, 0.1) is 11.1 Å². The summed E-state index contributed by atoms with van der Waals surface area (Å²) >= 11 is 3.26. The van der Waals surface area contributed by atoms with Crippen LogP contribution in [-0.2, 0) is 11.2 Å². The second kappa shape index (κ2) is 6.12. The molecule has 20 heavy (non-hydrogen) atoms. The summed E-state index contributed by atoms with van der Waals surface area (Å²) in [4.78, 5) is 0. The zero-order valence-corrected chi connectivity index (χ0v) is 14.0. The maximum absolute atomic E-state index is 13.3. The van der Waals surface area contributed by atoms with Crippen molar-refractivity contribution in [2.75, 3.05) is 19.8 Å². The predicted octanol–water partition coefficient (Wildman–Crippen LogP) is 3.93. The molecular formula is C16H23BrFNO. The van der Waals surface area contributed by atoms with Crippen LogP contribution in [0.4, 0.5) is 4.39 Å². The lowest BCUT2D eigenvalue weighted by Gasteiger charge is -2.32. The average molecular weight is 344 g/mol. The second-order valence-corrected chi connectivity index (χ2v) is 7.69. The van der Waals surface area contributed by atoms with Gasteiger partial charge >= 0.3 is 0 Å². The van der Waals surface area contributed by atoms with E-state index in [2.05, 4.69) is 42.0 Å². The highest BCUT2D eigenvalue weighted by Gasteiger charge is 2.35. The molecule has 112 valence electrons. The van der Waals surface area contributed by atoms with Crippen molar-refractivity contribution >= 4 is 15.9 Å². The van der Waals surface area contributed by atoms with Crippen LogP contribution in [0.15, 0.2) is 22.7 Å². The van der Waals surface area contributed by atoms with Gasteiger partial charge in [0, 0.05) is 24.1 Å². The Bertz CT molecular complexity index is 464. The minimum absolute atomic E-state index is 0.0962. The molecule has 0 amide bonds. The van der Waals surface area contributed by atoms with Gasteiger partial charge in [-0.15, -0.1) is 0 Å². The van der Waals surface area contributed by atoms with E-state index in [9.17, 15) is 4.39 Å². The van der Waals surface area contributed by atoms with Crippen molar-refractivity contribution in [1.29, 1.82) is 0 Å². The number of rotatable bonds is 4. The van der Waals surface area contributed by atoms with Crippen LogP contribution in [0.2, 0.25) is 0 Å². The summed E-state index contributed by atoms with van der Waals surface area (Å²) < 4.78 is 19.5. The van der Waals surface area contributed by atoms with Gasteiger partial charge in [-0.2, -0.15) is 0 Å². The van der Waals surface area contributed by atoms with Crippen LogP contribution in [0.1, 0.15) is 32.8 Å². The predicted molar refractivity (Wildman–Crippen MR) is 83.4 cm³/mol. The summed E-state index contributed by atoms with van der Waals surface area (Å²) in [6, 6.07) is 5.28. The summed E-state index contributed by atoms with van der Waals surface area (Å²) in [7, 11) is 0. The molecular weight excluding hydrogens is 321 g/mol. The van der Waals surface area contributed by atoms with Gasteiger partial charge < -0.3 is 10.1 Å². The number of hydrogen-bond acceptors (Lipinski definition) is 2. The Labute approximate surface area is 129 Å². The van der Waals surface area contributed by atoms with Gasteiger partial charge in [-0.3, -0.25) is 0 Å². The van der Waals surface area contributed by atoms with E-state index in [1.54, 1.807) is 0 Å². The molecule has 1 aromatic carbocycles.